The van der Waals surface area contributed by atoms with Crippen LogP contribution in [0.5, 0.6) is 0 Å². The molecule has 15 heavy (non-hydrogen) atoms. The molecule has 1 rings (SSSR count). The third-order valence-corrected chi connectivity index (χ3v) is 3.30. The Kier molecular flexibility index (Phi) is 3.01. The molecule has 0 aliphatic heterocycles. The van der Waals surface area contributed by atoms with E-state index in [-0.39, 0.29) is 11.4 Å². The van der Waals surface area contributed by atoms with Gasteiger partial charge in [0.1, 0.15) is 0 Å². The Morgan fingerprint density at radius 1 is 1.53 bits per heavy atom. The van der Waals surface area contributed by atoms with Crippen LogP contribution in [0.1, 0.15) is 17.5 Å². The molecule has 84 valence electrons. The molecule has 6 heteroatoms. The Labute approximate surface area is 90.6 Å². The van der Waals surface area contributed by atoms with Crippen LogP contribution >= 0.6 is 11.3 Å². The number of nitrogens with zero attached hydrogens (tertiary/aromatic N) is 1. The van der Waals surface area contributed by atoms with Crippen LogP contribution in [0.15, 0.2) is 4.79 Å². The number of aliphatic hydroxyl groups is 1. The molecule has 0 aromatic carbocycles. The summed E-state index contributed by atoms with van der Waals surface area (Å²) in [7, 11) is 0. The molecule has 2 N–H and O–H groups in total. The molecule has 1 atom stereocenters. The van der Waals surface area contributed by atoms with Gasteiger partial charge in [-0.3, -0.25) is 9.36 Å². The summed E-state index contributed by atoms with van der Waals surface area (Å²) in [5, 5.41) is 18.3. The lowest BCUT2D eigenvalue weighted by atomic mass is 10.1. The standard InChI is InChI=1S/C9H13NO4S/c1-5-6(2)15-8(13)10(5)4-9(3,14)7(11)12/h14H,4H2,1-3H3,(H,11,12). The first-order chi connectivity index (χ1) is 6.75. The minimum absolute atomic E-state index is 0.225. The van der Waals surface area contributed by atoms with Crippen LogP contribution in [0.2, 0.25) is 0 Å². The SMILES string of the molecule is Cc1sc(=O)n(CC(C)(O)C(=O)O)c1C. The highest BCUT2D eigenvalue weighted by atomic mass is 32.1. The quantitative estimate of drug-likeness (QED) is 0.787. The van der Waals surface area contributed by atoms with Gasteiger partial charge in [-0.05, 0) is 20.8 Å². The van der Waals surface area contributed by atoms with Gasteiger partial charge in [-0.2, -0.15) is 0 Å². The number of hydrogen-bond donors (Lipinski definition) is 2. The summed E-state index contributed by atoms with van der Waals surface area (Å²) in [6, 6.07) is 0. The Balaban J connectivity index is 3.10. The minimum Gasteiger partial charge on any atom is -0.479 e. The molecule has 0 saturated carbocycles. The zero-order chi connectivity index (χ0) is 11.8. The average molecular weight is 231 g/mol. The van der Waals surface area contributed by atoms with E-state index in [9.17, 15) is 14.7 Å². The van der Waals surface area contributed by atoms with Crippen molar-refractivity contribution >= 4 is 17.3 Å². The fraction of sp³-hybridized carbons (Fsp3) is 0.556. The van der Waals surface area contributed by atoms with E-state index in [4.69, 9.17) is 5.11 Å². The minimum atomic E-state index is -1.91. The number of aromatic nitrogens is 1. The van der Waals surface area contributed by atoms with E-state index in [0.717, 1.165) is 16.2 Å². The van der Waals surface area contributed by atoms with E-state index in [1.165, 1.54) is 11.5 Å². The Morgan fingerprint density at radius 3 is 2.40 bits per heavy atom. The summed E-state index contributed by atoms with van der Waals surface area (Å²) in [5.41, 5.74) is -1.21. The molecule has 0 radical (unpaired) electrons. The molecule has 5 nitrogen and oxygen atoms in total. The third kappa shape index (κ3) is 2.27. The van der Waals surface area contributed by atoms with E-state index in [2.05, 4.69) is 0 Å². The van der Waals surface area contributed by atoms with Gasteiger partial charge >= 0.3 is 10.8 Å². The maximum atomic E-state index is 11.4. The van der Waals surface area contributed by atoms with Crippen molar-refractivity contribution in [2.24, 2.45) is 0 Å². The fourth-order valence-electron chi connectivity index (χ4n) is 1.15. The van der Waals surface area contributed by atoms with Crippen LogP contribution in [0.25, 0.3) is 0 Å². The number of aryl methyl sites for hydroxylation is 1. The highest BCUT2D eigenvalue weighted by Gasteiger charge is 2.31. The predicted molar refractivity (Wildman–Crippen MR) is 56.3 cm³/mol. The summed E-state index contributed by atoms with van der Waals surface area (Å²) >= 11 is 1.05. The van der Waals surface area contributed by atoms with Gasteiger partial charge in [-0.25, -0.2) is 4.79 Å². The van der Waals surface area contributed by atoms with Crippen molar-refractivity contribution in [3.8, 4) is 0 Å². The van der Waals surface area contributed by atoms with E-state index in [1.54, 1.807) is 13.8 Å². The van der Waals surface area contributed by atoms with Crippen LogP contribution in [-0.2, 0) is 11.3 Å². The molecule has 0 amide bonds. The van der Waals surface area contributed by atoms with E-state index in [1.807, 2.05) is 0 Å². The van der Waals surface area contributed by atoms with Gasteiger partial charge in [0.25, 0.3) is 0 Å². The Morgan fingerprint density at radius 2 is 2.07 bits per heavy atom. The van der Waals surface area contributed by atoms with E-state index < -0.39 is 11.6 Å². The predicted octanol–water partition coefficient (Wildman–Crippen LogP) is 0.362. The van der Waals surface area contributed by atoms with E-state index >= 15 is 0 Å². The maximum absolute atomic E-state index is 11.4. The number of carboxylic acid groups (broad SMARTS) is 1. The van der Waals surface area contributed by atoms with Crippen molar-refractivity contribution in [2.75, 3.05) is 0 Å². The largest absolute Gasteiger partial charge is 0.479 e. The molecule has 0 bridgehead atoms. The van der Waals surface area contributed by atoms with Crippen molar-refractivity contribution in [3.05, 3.63) is 20.2 Å². The van der Waals surface area contributed by atoms with Crippen LogP contribution < -0.4 is 4.87 Å². The molecule has 0 saturated heterocycles. The average Bonchev–Trinajstić information content (AvgIpc) is 2.32. The number of thiazole rings is 1. The molecule has 0 aliphatic carbocycles. The van der Waals surface area contributed by atoms with Gasteiger partial charge in [0.15, 0.2) is 5.60 Å². The van der Waals surface area contributed by atoms with Crippen LogP contribution in [0.4, 0.5) is 0 Å². The van der Waals surface area contributed by atoms with Crippen molar-refractivity contribution in [1.29, 1.82) is 0 Å². The lowest BCUT2D eigenvalue weighted by Crippen LogP contribution is -2.41. The van der Waals surface area contributed by atoms with Gasteiger partial charge in [0.2, 0.25) is 0 Å². The molecular weight excluding hydrogens is 218 g/mol. The number of carboxylic acids is 1. The third-order valence-electron chi connectivity index (χ3n) is 2.30. The zero-order valence-electron chi connectivity index (χ0n) is 8.77. The number of hydrogen-bond acceptors (Lipinski definition) is 4. The lowest BCUT2D eigenvalue weighted by molar-refractivity contribution is -0.157. The summed E-state index contributed by atoms with van der Waals surface area (Å²) < 4.78 is 1.29. The number of rotatable bonds is 3. The number of aliphatic carboxylic acids is 1. The van der Waals surface area contributed by atoms with Crippen molar-refractivity contribution < 1.29 is 15.0 Å². The summed E-state index contributed by atoms with van der Waals surface area (Å²) in [5.74, 6) is -1.34. The van der Waals surface area contributed by atoms with Gasteiger partial charge in [0, 0.05) is 10.6 Å². The topological polar surface area (TPSA) is 79.5 Å². The van der Waals surface area contributed by atoms with Crippen molar-refractivity contribution in [3.63, 3.8) is 0 Å². The Bertz CT molecular complexity index is 443. The summed E-state index contributed by atoms with van der Waals surface area (Å²) in [6.45, 7) is 4.46. The van der Waals surface area contributed by atoms with Crippen LogP contribution in [0, 0.1) is 13.8 Å². The van der Waals surface area contributed by atoms with Crippen LogP contribution in [-0.4, -0.2) is 26.4 Å². The molecule has 0 fully saturated rings. The normalized spacial score (nSPS) is 14.9. The van der Waals surface area contributed by atoms with Gasteiger partial charge in [-0.15, -0.1) is 0 Å². The summed E-state index contributed by atoms with van der Waals surface area (Å²) in [6.07, 6.45) is 0. The Hall–Kier alpha value is -1.14. The van der Waals surface area contributed by atoms with Crippen molar-refractivity contribution in [2.45, 2.75) is 32.9 Å². The van der Waals surface area contributed by atoms with Gasteiger partial charge in [-0.1, -0.05) is 11.3 Å². The molecule has 0 spiro atoms. The van der Waals surface area contributed by atoms with Crippen molar-refractivity contribution in [1.82, 2.24) is 4.57 Å². The molecule has 0 aliphatic rings. The van der Waals surface area contributed by atoms with E-state index in [0.29, 0.717) is 5.69 Å². The molecule has 1 heterocycles. The van der Waals surface area contributed by atoms with Crippen LogP contribution in [0.3, 0.4) is 0 Å². The second kappa shape index (κ2) is 3.79. The molecular formula is C9H13NO4S. The smallest absolute Gasteiger partial charge is 0.337 e. The molecule has 1 unspecified atom stereocenters. The molecule has 1 aromatic rings. The highest BCUT2D eigenvalue weighted by Crippen LogP contribution is 2.13. The summed E-state index contributed by atoms with van der Waals surface area (Å²) in [4.78, 5) is 22.7. The lowest BCUT2D eigenvalue weighted by Gasteiger charge is -2.18. The fourth-order valence-corrected chi connectivity index (χ4v) is 1.98. The zero-order valence-corrected chi connectivity index (χ0v) is 9.59. The van der Waals surface area contributed by atoms with Gasteiger partial charge < -0.3 is 10.2 Å². The first-order valence-electron chi connectivity index (χ1n) is 4.38. The first kappa shape index (κ1) is 11.9. The second-order valence-corrected chi connectivity index (χ2v) is 4.84. The highest BCUT2D eigenvalue weighted by molar-refractivity contribution is 7.09. The molecule has 1 aromatic heterocycles. The second-order valence-electron chi connectivity index (χ2n) is 3.67. The number of carbonyl (C=O) groups is 1. The van der Waals surface area contributed by atoms with Gasteiger partial charge in [0.05, 0.1) is 6.54 Å². The monoisotopic (exact) mass is 231 g/mol. The maximum Gasteiger partial charge on any atom is 0.337 e. The first-order valence-corrected chi connectivity index (χ1v) is 5.20.